The molecule has 0 saturated carbocycles. The molecule has 15 N–H and O–H groups in total. The number of thioether (sulfide) groups is 1. The van der Waals surface area contributed by atoms with E-state index in [9.17, 15) is 58.2 Å². The number of aromatic nitrogens is 1. The molecule has 374 valence electrons. The highest BCUT2D eigenvalue weighted by molar-refractivity contribution is 7.98. The minimum atomic E-state index is -2.10. The first-order valence-corrected chi connectivity index (χ1v) is 24.9. The van der Waals surface area contributed by atoms with Gasteiger partial charge in [0, 0.05) is 66.6 Å². The molecule has 3 rings (SSSR count). The van der Waals surface area contributed by atoms with Crippen LogP contribution in [0.25, 0.3) is 17.0 Å². The van der Waals surface area contributed by atoms with Crippen molar-refractivity contribution in [1.29, 1.82) is 0 Å². The van der Waals surface area contributed by atoms with Gasteiger partial charge in [0.2, 0.25) is 29.5 Å². The van der Waals surface area contributed by atoms with Gasteiger partial charge in [-0.1, -0.05) is 27.2 Å². The smallest absolute Gasteiger partial charge is 0.246 e. The number of primary amides is 1. The summed E-state index contributed by atoms with van der Waals surface area (Å²) in [4.78, 5) is 93.3. The quantitative estimate of drug-likeness (QED) is 0.0305. The van der Waals surface area contributed by atoms with E-state index < -0.39 is 88.9 Å². The molecule has 1 fully saturated rings. The summed E-state index contributed by atoms with van der Waals surface area (Å²) >= 11 is 1.54. The number of aromatic amines is 1. The molecule has 9 atom stereocenters. The number of hydrogen-bond acceptors (Lipinski definition) is 16. The van der Waals surface area contributed by atoms with Gasteiger partial charge in [0.05, 0.1) is 54.0 Å². The minimum Gasteiger partial charge on any atom is -0.508 e. The molecule has 1 aromatic heterocycles. The molecule has 0 radical (unpaired) electrons. The van der Waals surface area contributed by atoms with Crippen molar-refractivity contribution in [3.8, 4) is 5.75 Å². The Morgan fingerprint density at radius 2 is 1.84 bits per heavy atom. The lowest BCUT2D eigenvalue weighted by molar-refractivity contribution is -0.140. The van der Waals surface area contributed by atoms with E-state index in [0.29, 0.717) is 41.6 Å². The molecule has 0 aliphatic carbocycles. The molecular formula is C44H69N9O12S2. The van der Waals surface area contributed by atoms with Gasteiger partial charge in [-0.15, -0.1) is 0 Å². The number of rotatable bonds is 31. The van der Waals surface area contributed by atoms with Gasteiger partial charge < -0.3 is 73.6 Å². The highest BCUT2D eigenvalue weighted by Gasteiger charge is 2.41. The number of benzene rings is 1. The summed E-state index contributed by atoms with van der Waals surface area (Å²) < 4.78 is 14.3. The van der Waals surface area contributed by atoms with E-state index in [1.54, 1.807) is 6.07 Å². The summed E-state index contributed by atoms with van der Waals surface area (Å²) in [5, 5.41) is 52.8. The van der Waals surface area contributed by atoms with E-state index in [-0.39, 0.29) is 79.3 Å². The standard InChI is InChI=1S/C44H69N9O12S2/c1-4-25(2)27(16-28(56)18-46)19-48-20-37(60)50-33(41(47)62)24-67(65)44-31(30-9-10-35(58)32(40(30)52-44)23-66-15-6-5-12-45)11-13-49-43(64)39(26(3)36(59)22-55)51-42(63)34-17-29(57)21-53(34)38(61)8-7-14-54/h9-11,13-14,25-27,29,33-34,36,39,48,52,55,57-59H,4-8,12,15-24,45-46H2,1-3H3,(H2,47,62)(H,49,64)(H,50,60)(H,51,63)/b13-11+/t25-,26?,27-,29?,33-,34?,36?,39?,67?/m0/s1. The number of fused-ring (bicyclic) bond motifs is 1. The van der Waals surface area contributed by atoms with Crippen molar-refractivity contribution >= 4 is 81.1 Å². The number of aliphatic hydroxyl groups excluding tert-OH is 3. The fraction of sp³-hybridized carbons (Fsp3) is 0.614. The molecule has 21 nitrogen and oxygen atoms in total. The van der Waals surface area contributed by atoms with E-state index in [1.807, 2.05) is 13.8 Å². The lowest BCUT2D eigenvalue weighted by Crippen LogP contribution is -2.56. The summed E-state index contributed by atoms with van der Waals surface area (Å²) in [5.41, 5.74) is 18.0. The fourth-order valence-electron chi connectivity index (χ4n) is 7.59. The van der Waals surface area contributed by atoms with Crippen molar-refractivity contribution in [2.24, 2.45) is 35.0 Å². The first-order chi connectivity index (χ1) is 31.9. The van der Waals surface area contributed by atoms with Gasteiger partial charge in [-0.3, -0.25) is 33.0 Å². The van der Waals surface area contributed by atoms with E-state index in [2.05, 4.69) is 26.3 Å². The number of aromatic hydroxyl groups is 1. The fourth-order valence-corrected chi connectivity index (χ4v) is 9.99. The molecule has 2 aromatic rings. The zero-order valence-electron chi connectivity index (χ0n) is 38.4. The number of H-pyrrole nitrogens is 1. The number of carbonyl (C=O) groups is 7. The molecule has 1 aliphatic heterocycles. The Labute approximate surface area is 397 Å². The van der Waals surface area contributed by atoms with Crippen molar-refractivity contribution in [2.45, 2.75) is 107 Å². The third kappa shape index (κ3) is 16.8. The van der Waals surface area contributed by atoms with Crippen LogP contribution in [0.5, 0.6) is 5.75 Å². The first-order valence-electron chi connectivity index (χ1n) is 22.4. The van der Waals surface area contributed by atoms with E-state index in [0.717, 1.165) is 29.9 Å². The second-order valence-corrected chi connectivity index (χ2v) is 19.3. The average molecular weight is 980 g/mol. The first kappa shape index (κ1) is 56.6. The molecule has 0 bridgehead atoms. The minimum absolute atomic E-state index is 0.0484. The number of amides is 5. The average Bonchev–Trinajstić information content (AvgIpc) is 3.89. The molecule has 1 aromatic carbocycles. The van der Waals surface area contributed by atoms with Crippen molar-refractivity contribution in [2.75, 3.05) is 50.8 Å². The van der Waals surface area contributed by atoms with Gasteiger partial charge in [-0.2, -0.15) is 11.8 Å². The summed E-state index contributed by atoms with van der Waals surface area (Å²) in [6.45, 7) is 4.98. The Bertz CT molecular complexity index is 2070. The topological polar surface area (TPSA) is 363 Å². The molecule has 6 unspecified atom stereocenters. The molecule has 1 aliphatic rings. The van der Waals surface area contributed by atoms with Crippen molar-refractivity contribution in [1.82, 2.24) is 31.2 Å². The van der Waals surface area contributed by atoms with Crippen LogP contribution in [0.4, 0.5) is 0 Å². The Hall–Kier alpha value is -4.75. The van der Waals surface area contributed by atoms with Crippen molar-refractivity contribution in [3.63, 3.8) is 0 Å². The van der Waals surface area contributed by atoms with Crippen molar-refractivity contribution < 1.29 is 58.2 Å². The summed E-state index contributed by atoms with van der Waals surface area (Å²) in [5.74, 6) is -4.38. The zero-order valence-corrected chi connectivity index (χ0v) is 40.0. The third-order valence-corrected chi connectivity index (χ3v) is 14.4. The van der Waals surface area contributed by atoms with Crippen LogP contribution < -0.4 is 38.5 Å². The van der Waals surface area contributed by atoms with Crippen LogP contribution in [0, 0.1) is 17.8 Å². The maximum Gasteiger partial charge on any atom is 0.246 e. The number of carbonyl (C=O) groups excluding carboxylic acids is 7. The Morgan fingerprint density at radius 3 is 2.48 bits per heavy atom. The molecular weight excluding hydrogens is 911 g/mol. The molecule has 5 amide bonds. The second-order valence-electron chi connectivity index (χ2n) is 16.8. The molecule has 67 heavy (non-hydrogen) atoms. The van der Waals surface area contributed by atoms with Crippen LogP contribution in [-0.2, 0) is 50.1 Å². The van der Waals surface area contributed by atoms with E-state index >= 15 is 0 Å². The molecule has 1 saturated heterocycles. The Morgan fingerprint density at radius 1 is 1.10 bits per heavy atom. The largest absolute Gasteiger partial charge is 0.508 e. The lowest BCUT2D eigenvalue weighted by Gasteiger charge is -2.30. The number of likely N-dealkylation sites (tertiary alicyclic amines) is 1. The molecule has 0 spiro atoms. The summed E-state index contributed by atoms with van der Waals surface area (Å²) in [6, 6.07) is -1.07. The number of aliphatic hydroxyl groups is 3. The molecule has 2 heterocycles. The number of phenols is 1. The van der Waals surface area contributed by atoms with Crippen LogP contribution in [0.15, 0.2) is 23.4 Å². The number of ketones is 1. The highest BCUT2D eigenvalue weighted by atomic mass is 32.2. The zero-order chi connectivity index (χ0) is 49.8. The van der Waals surface area contributed by atoms with E-state index in [4.69, 9.17) is 17.2 Å². The van der Waals surface area contributed by atoms with Gasteiger partial charge >= 0.3 is 0 Å². The van der Waals surface area contributed by atoms with Gasteiger partial charge in [-0.05, 0) is 61.7 Å². The number of nitrogens with two attached hydrogens (primary N) is 3. The number of β-amino-alcohol motifs (C(OH)–C–C–N with tert-alkyl or cyclic N) is 1. The van der Waals surface area contributed by atoms with Crippen LogP contribution in [0.3, 0.4) is 0 Å². The number of nitrogens with one attached hydrogen (secondary N) is 5. The van der Waals surface area contributed by atoms with Crippen molar-refractivity contribution in [3.05, 3.63) is 29.5 Å². The van der Waals surface area contributed by atoms with Gasteiger partial charge in [0.1, 0.15) is 41.0 Å². The number of unbranched alkanes of at least 4 members (excludes halogenated alkanes) is 1. The predicted octanol–water partition coefficient (Wildman–Crippen LogP) is -1.40. The van der Waals surface area contributed by atoms with E-state index in [1.165, 1.54) is 37.0 Å². The molecule has 23 heteroatoms. The third-order valence-electron chi connectivity index (χ3n) is 11.9. The summed E-state index contributed by atoms with van der Waals surface area (Å²) in [7, 11) is -2.10. The highest BCUT2D eigenvalue weighted by Crippen LogP contribution is 2.35. The maximum atomic E-state index is 14.3. The predicted molar refractivity (Wildman–Crippen MR) is 254 cm³/mol. The monoisotopic (exact) mass is 979 g/mol. The van der Waals surface area contributed by atoms with Gasteiger partial charge in [-0.25, -0.2) is 0 Å². The Balaban J connectivity index is 1.94. The number of Topliss-reactive ketones (excluding diaryl/α,β-unsaturated/α-hetero) is 1. The van der Waals surface area contributed by atoms with Gasteiger partial charge in [0.25, 0.3) is 0 Å². The number of phenolic OH excluding ortho intramolecular Hbond substituents is 1. The second kappa shape index (κ2) is 28.5. The normalized spacial score (nSPS) is 18.2. The van der Waals surface area contributed by atoms with Crippen LogP contribution >= 0.6 is 11.8 Å². The van der Waals surface area contributed by atoms with Crippen LogP contribution in [0.1, 0.15) is 76.8 Å². The SMILES string of the molecule is CC[C@H](C)[C@H](CNCC(=O)N[C@@H](CS(=O)c1[nH]c2c(CSCCCCN)c(O)ccc2c1/C=C/NC(=O)C(NC(=O)C1CC(O)CN1C(=O)CCC=O)C(C)C(O)CO)C(N)=O)CC(=O)CN. The number of hydrogen-bond donors (Lipinski definition) is 12. The summed E-state index contributed by atoms with van der Waals surface area (Å²) in [6.07, 6.45) is 2.85. The van der Waals surface area contributed by atoms with Gasteiger partial charge in [0.15, 0.2) is 0 Å². The van der Waals surface area contributed by atoms with Crippen LogP contribution in [0.2, 0.25) is 0 Å². The van der Waals surface area contributed by atoms with Crippen LogP contribution in [-0.4, -0.2) is 157 Å². The number of aldehydes is 1. The maximum absolute atomic E-state index is 14.3. The lowest BCUT2D eigenvalue weighted by atomic mass is 9.87. The number of nitrogens with zero attached hydrogens (tertiary/aromatic N) is 1. The Kier molecular flexibility index (Phi) is 24.1.